The summed E-state index contributed by atoms with van der Waals surface area (Å²) in [5, 5.41) is 5.19. The van der Waals surface area contributed by atoms with Gasteiger partial charge in [0.15, 0.2) is 0 Å². The second-order valence-corrected chi connectivity index (χ2v) is 5.88. The summed E-state index contributed by atoms with van der Waals surface area (Å²) in [6.45, 7) is 0. The van der Waals surface area contributed by atoms with E-state index >= 15 is 0 Å². The highest BCUT2D eigenvalue weighted by Crippen LogP contribution is 2.27. The Morgan fingerprint density at radius 3 is 2.89 bits per heavy atom. The standard InChI is InChI=1S/C12H10BrClN2OS/c13-8-4-3-7(14)6-9(8)16-12(17)11(15)10-2-1-5-18-10/h1-6,11H,15H2,(H,16,17). The first-order valence-electron chi connectivity index (χ1n) is 5.13. The lowest BCUT2D eigenvalue weighted by Crippen LogP contribution is -2.27. The van der Waals surface area contributed by atoms with Gasteiger partial charge in [-0.3, -0.25) is 4.79 Å². The maximum Gasteiger partial charge on any atom is 0.246 e. The quantitative estimate of drug-likeness (QED) is 0.889. The van der Waals surface area contributed by atoms with Crippen molar-refractivity contribution in [1.29, 1.82) is 0 Å². The van der Waals surface area contributed by atoms with Crippen LogP contribution in [0.15, 0.2) is 40.2 Å². The van der Waals surface area contributed by atoms with Crippen molar-refractivity contribution in [2.75, 3.05) is 5.32 Å². The van der Waals surface area contributed by atoms with Gasteiger partial charge < -0.3 is 11.1 Å². The zero-order chi connectivity index (χ0) is 13.1. The van der Waals surface area contributed by atoms with Gasteiger partial charge in [-0.15, -0.1) is 11.3 Å². The molecule has 1 amide bonds. The lowest BCUT2D eigenvalue weighted by atomic mass is 10.2. The molecule has 0 fully saturated rings. The number of thiophene rings is 1. The Balaban J connectivity index is 2.14. The summed E-state index contributed by atoms with van der Waals surface area (Å²) in [6, 6.07) is 8.21. The van der Waals surface area contributed by atoms with Gasteiger partial charge in [-0.1, -0.05) is 17.7 Å². The van der Waals surface area contributed by atoms with Crippen molar-refractivity contribution in [1.82, 2.24) is 0 Å². The number of carbonyl (C=O) groups excluding carboxylic acids is 1. The minimum Gasteiger partial charge on any atom is -0.323 e. The van der Waals surface area contributed by atoms with Crippen molar-refractivity contribution < 1.29 is 4.79 Å². The third-order valence-electron chi connectivity index (χ3n) is 2.32. The lowest BCUT2D eigenvalue weighted by Gasteiger charge is -2.12. The molecule has 94 valence electrons. The summed E-state index contributed by atoms with van der Waals surface area (Å²) in [7, 11) is 0. The Hall–Kier alpha value is -0.880. The van der Waals surface area contributed by atoms with Crippen molar-refractivity contribution in [3.8, 4) is 0 Å². The molecule has 0 spiro atoms. The highest BCUT2D eigenvalue weighted by Gasteiger charge is 2.17. The molecule has 0 saturated carbocycles. The van der Waals surface area contributed by atoms with Crippen LogP contribution in [0.5, 0.6) is 0 Å². The fourth-order valence-corrected chi connectivity index (χ4v) is 2.64. The van der Waals surface area contributed by atoms with E-state index in [0.717, 1.165) is 9.35 Å². The molecule has 2 aromatic rings. The summed E-state index contributed by atoms with van der Waals surface area (Å²) >= 11 is 10.7. The van der Waals surface area contributed by atoms with Crippen LogP contribution in [0.25, 0.3) is 0 Å². The zero-order valence-electron chi connectivity index (χ0n) is 9.19. The van der Waals surface area contributed by atoms with Crippen LogP contribution in [-0.4, -0.2) is 5.91 Å². The van der Waals surface area contributed by atoms with E-state index in [1.54, 1.807) is 18.2 Å². The summed E-state index contributed by atoms with van der Waals surface area (Å²) in [5.41, 5.74) is 6.48. The Morgan fingerprint density at radius 1 is 1.44 bits per heavy atom. The molecule has 3 nitrogen and oxygen atoms in total. The van der Waals surface area contributed by atoms with E-state index < -0.39 is 6.04 Å². The number of nitrogens with one attached hydrogen (secondary N) is 1. The second kappa shape index (κ2) is 5.84. The molecular formula is C12H10BrClN2OS. The molecule has 1 heterocycles. The van der Waals surface area contributed by atoms with E-state index in [4.69, 9.17) is 17.3 Å². The van der Waals surface area contributed by atoms with Crippen LogP contribution in [0.3, 0.4) is 0 Å². The number of hydrogen-bond acceptors (Lipinski definition) is 3. The van der Waals surface area contributed by atoms with E-state index in [2.05, 4.69) is 21.2 Å². The molecule has 1 aromatic carbocycles. The van der Waals surface area contributed by atoms with Crippen LogP contribution in [0.2, 0.25) is 5.02 Å². The SMILES string of the molecule is NC(C(=O)Nc1cc(Cl)ccc1Br)c1cccs1. The molecule has 0 aliphatic rings. The molecule has 0 saturated heterocycles. The fraction of sp³-hybridized carbons (Fsp3) is 0.0833. The third-order valence-corrected chi connectivity index (χ3v) is 4.20. The minimum absolute atomic E-state index is 0.264. The van der Waals surface area contributed by atoms with Gasteiger partial charge in [-0.25, -0.2) is 0 Å². The summed E-state index contributed by atoms with van der Waals surface area (Å²) in [5.74, 6) is -0.264. The van der Waals surface area contributed by atoms with Crippen molar-refractivity contribution in [3.63, 3.8) is 0 Å². The highest BCUT2D eigenvalue weighted by molar-refractivity contribution is 9.10. The van der Waals surface area contributed by atoms with Crippen LogP contribution in [0.4, 0.5) is 5.69 Å². The number of carbonyl (C=O) groups is 1. The number of benzene rings is 1. The molecule has 1 unspecified atom stereocenters. The maximum absolute atomic E-state index is 12.0. The number of halogens is 2. The number of anilines is 1. The van der Waals surface area contributed by atoms with Crippen molar-refractivity contribution in [2.24, 2.45) is 5.73 Å². The first-order valence-corrected chi connectivity index (χ1v) is 7.18. The second-order valence-electron chi connectivity index (χ2n) is 3.61. The van der Waals surface area contributed by atoms with Crippen LogP contribution < -0.4 is 11.1 Å². The van der Waals surface area contributed by atoms with Gasteiger partial charge in [0.1, 0.15) is 6.04 Å². The van der Waals surface area contributed by atoms with Crippen LogP contribution in [-0.2, 0) is 4.79 Å². The van der Waals surface area contributed by atoms with Gasteiger partial charge in [0.2, 0.25) is 5.91 Å². The van der Waals surface area contributed by atoms with E-state index in [-0.39, 0.29) is 5.91 Å². The van der Waals surface area contributed by atoms with Crippen LogP contribution in [0, 0.1) is 0 Å². The minimum atomic E-state index is -0.670. The van der Waals surface area contributed by atoms with Crippen LogP contribution in [0.1, 0.15) is 10.9 Å². The van der Waals surface area contributed by atoms with Gasteiger partial charge in [0.05, 0.1) is 5.69 Å². The van der Waals surface area contributed by atoms with Gasteiger partial charge in [0, 0.05) is 14.4 Å². The first kappa shape index (κ1) is 13.5. The van der Waals surface area contributed by atoms with Gasteiger partial charge >= 0.3 is 0 Å². The predicted molar refractivity (Wildman–Crippen MR) is 79.0 cm³/mol. The smallest absolute Gasteiger partial charge is 0.246 e. The van der Waals surface area contributed by atoms with Gasteiger partial charge in [-0.2, -0.15) is 0 Å². The molecule has 1 atom stereocenters. The van der Waals surface area contributed by atoms with E-state index in [1.807, 2.05) is 17.5 Å². The number of rotatable bonds is 3. The molecular weight excluding hydrogens is 336 g/mol. The van der Waals surface area contributed by atoms with E-state index in [9.17, 15) is 4.79 Å². The van der Waals surface area contributed by atoms with Gasteiger partial charge in [0.25, 0.3) is 0 Å². The number of nitrogens with two attached hydrogens (primary N) is 1. The molecule has 0 aliphatic heterocycles. The third kappa shape index (κ3) is 3.11. The molecule has 0 aliphatic carbocycles. The Bertz CT molecular complexity index is 559. The normalized spacial score (nSPS) is 12.2. The number of hydrogen-bond donors (Lipinski definition) is 2. The topological polar surface area (TPSA) is 55.1 Å². The Kier molecular flexibility index (Phi) is 4.40. The molecule has 2 rings (SSSR count). The molecule has 1 aromatic heterocycles. The highest BCUT2D eigenvalue weighted by atomic mass is 79.9. The van der Waals surface area contributed by atoms with Crippen molar-refractivity contribution in [2.45, 2.75) is 6.04 Å². The summed E-state index contributed by atoms with van der Waals surface area (Å²) in [4.78, 5) is 12.8. The largest absolute Gasteiger partial charge is 0.323 e. The Labute approximate surface area is 122 Å². The summed E-state index contributed by atoms with van der Waals surface area (Å²) in [6.07, 6.45) is 0. The molecule has 18 heavy (non-hydrogen) atoms. The van der Waals surface area contributed by atoms with Crippen molar-refractivity contribution in [3.05, 3.63) is 50.1 Å². The monoisotopic (exact) mass is 344 g/mol. The van der Waals surface area contributed by atoms with Crippen LogP contribution >= 0.6 is 38.9 Å². The maximum atomic E-state index is 12.0. The average molecular weight is 346 g/mol. The molecule has 3 N–H and O–H groups in total. The van der Waals surface area contributed by atoms with Crippen molar-refractivity contribution >= 4 is 50.5 Å². The molecule has 6 heteroatoms. The van der Waals surface area contributed by atoms with Gasteiger partial charge in [-0.05, 0) is 45.6 Å². The van der Waals surface area contributed by atoms with E-state index in [1.165, 1.54) is 11.3 Å². The lowest BCUT2D eigenvalue weighted by molar-refractivity contribution is -0.117. The predicted octanol–water partition coefficient (Wildman–Crippen LogP) is 3.80. The van der Waals surface area contributed by atoms with E-state index in [0.29, 0.717) is 10.7 Å². The first-order chi connectivity index (χ1) is 8.58. The molecule has 0 radical (unpaired) electrons. The molecule has 0 bridgehead atoms. The summed E-state index contributed by atoms with van der Waals surface area (Å²) < 4.78 is 0.763. The number of amides is 1. The average Bonchev–Trinajstić information content (AvgIpc) is 2.86. The fourth-order valence-electron chi connectivity index (χ4n) is 1.40. The Morgan fingerprint density at radius 2 is 2.22 bits per heavy atom. The zero-order valence-corrected chi connectivity index (χ0v) is 12.3.